The Labute approximate surface area is 117 Å². The summed E-state index contributed by atoms with van der Waals surface area (Å²) < 4.78 is 22.5. The summed E-state index contributed by atoms with van der Waals surface area (Å²) in [4.78, 5) is 11.6. The monoisotopic (exact) mass is 299 g/mol. The van der Waals surface area contributed by atoms with Crippen LogP contribution in [0.15, 0.2) is 30.3 Å². The van der Waals surface area contributed by atoms with Gasteiger partial charge < -0.3 is 5.32 Å². The molecule has 19 heavy (non-hydrogen) atoms. The molecule has 1 aromatic carbocycles. The molecule has 0 spiro atoms. The summed E-state index contributed by atoms with van der Waals surface area (Å²) in [5.41, 5.74) is 0.860. The Morgan fingerprint density at radius 1 is 1.32 bits per heavy atom. The van der Waals surface area contributed by atoms with Crippen molar-refractivity contribution in [1.82, 2.24) is 5.32 Å². The second-order valence-corrected chi connectivity index (χ2v) is 7.16. The van der Waals surface area contributed by atoms with Crippen molar-refractivity contribution in [2.24, 2.45) is 0 Å². The van der Waals surface area contributed by atoms with Crippen LogP contribution in [0.1, 0.15) is 12.0 Å². The maximum Gasteiger partial charge on any atom is 0.244 e. The van der Waals surface area contributed by atoms with Gasteiger partial charge in [-0.15, -0.1) is 0 Å². The number of hydrogen-bond donors (Lipinski definition) is 1. The minimum Gasteiger partial charge on any atom is -0.349 e. The Kier molecular flexibility index (Phi) is 4.27. The number of amides is 1. The first-order valence-electron chi connectivity index (χ1n) is 5.89. The fraction of sp³-hybridized carbons (Fsp3) is 0.308. The SMILES string of the molecule is O=C(/C=C\c1ccc(Cl)cc1)N[C@@H]1CCS(=O)(=O)C1. The van der Waals surface area contributed by atoms with Crippen LogP contribution in [-0.2, 0) is 14.6 Å². The van der Waals surface area contributed by atoms with Gasteiger partial charge in [0, 0.05) is 17.1 Å². The molecule has 1 atom stereocenters. The van der Waals surface area contributed by atoms with Crippen LogP contribution in [0.4, 0.5) is 0 Å². The van der Waals surface area contributed by atoms with Crippen LogP contribution in [0.25, 0.3) is 6.08 Å². The molecule has 0 saturated carbocycles. The third kappa shape index (κ3) is 4.36. The topological polar surface area (TPSA) is 63.2 Å². The second-order valence-electron chi connectivity index (χ2n) is 4.49. The maximum absolute atomic E-state index is 11.6. The lowest BCUT2D eigenvalue weighted by Gasteiger charge is -2.07. The summed E-state index contributed by atoms with van der Waals surface area (Å²) in [5, 5.41) is 3.32. The number of halogens is 1. The van der Waals surface area contributed by atoms with Crippen molar-refractivity contribution in [3.05, 3.63) is 40.9 Å². The van der Waals surface area contributed by atoms with Gasteiger partial charge in [-0.2, -0.15) is 0 Å². The van der Waals surface area contributed by atoms with Crippen molar-refractivity contribution >= 4 is 33.4 Å². The van der Waals surface area contributed by atoms with Gasteiger partial charge in [-0.3, -0.25) is 4.79 Å². The zero-order valence-corrected chi connectivity index (χ0v) is 11.7. The van der Waals surface area contributed by atoms with Gasteiger partial charge >= 0.3 is 0 Å². The summed E-state index contributed by atoms with van der Waals surface area (Å²) in [7, 11) is -2.97. The van der Waals surface area contributed by atoms with E-state index in [0.29, 0.717) is 11.4 Å². The molecular weight excluding hydrogens is 286 g/mol. The van der Waals surface area contributed by atoms with Crippen LogP contribution in [0.2, 0.25) is 5.02 Å². The number of benzene rings is 1. The molecule has 2 rings (SSSR count). The van der Waals surface area contributed by atoms with Crippen LogP contribution in [-0.4, -0.2) is 31.9 Å². The lowest BCUT2D eigenvalue weighted by molar-refractivity contribution is -0.116. The molecule has 0 unspecified atom stereocenters. The molecule has 0 bridgehead atoms. The number of rotatable bonds is 3. The molecule has 1 saturated heterocycles. The first kappa shape index (κ1) is 14.1. The molecule has 1 amide bonds. The Bertz CT molecular complexity index is 593. The molecule has 1 fully saturated rings. The molecule has 0 aromatic heterocycles. The van der Waals surface area contributed by atoms with Gasteiger partial charge in [0.05, 0.1) is 11.5 Å². The van der Waals surface area contributed by atoms with E-state index in [2.05, 4.69) is 5.32 Å². The van der Waals surface area contributed by atoms with E-state index in [0.717, 1.165) is 5.56 Å². The van der Waals surface area contributed by atoms with Gasteiger partial charge in [0.2, 0.25) is 5.91 Å². The van der Waals surface area contributed by atoms with Crippen LogP contribution in [0.5, 0.6) is 0 Å². The molecule has 1 aromatic rings. The molecule has 0 aliphatic carbocycles. The van der Waals surface area contributed by atoms with E-state index in [1.54, 1.807) is 30.3 Å². The Hall–Kier alpha value is -1.33. The second kappa shape index (κ2) is 5.75. The predicted octanol–water partition coefficient (Wildman–Crippen LogP) is 1.66. The molecule has 1 heterocycles. The smallest absolute Gasteiger partial charge is 0.244 e. The van der Waals surface area contributed by atoms with Crippen molar-refractivity contribution in [3.8, 4) is 0 Å². The highest BCUT2D eigenvalue weighted by Gasteiger charge is 2.28. The molecular formula is C13H14ClNO3S. The van der Waals surface area contributed by atoms with E-state index in [4.69, 9.17) is 11.6 Å². The predicted molar refractivity (Wildman–Crippen MR) is 75.7 cm³/mol. The van der Waals surface area contributed by atoms with Gasteiger partial charge in [-0.05, 0) is 30.2 Å². The van der Waals surface area contributed by atoms with Crippen LogP contribution >= 0.6 is 11.6 Å². The van der Waals surface area contributed by atoms with E-state index < -0.39 is 9.84 Å². The first-order chi connectivity index (χ1) is 8.94. The zero-order valence-electron chi connectivity index (χ0n) is 10.2. The number of carbonyl (C=O) groups excluding carboxylic acids is 1. The van der Waals surface area contributed by atoms with E-state index in [1.165, 1.54) is 6.08 Å². The van der Waals surface area contributed by atoms with E-state index in [-0.39, 0.29) is 23.5 Å². The van der Waals surface area contributed by atoms with Crippen LogP contribution in [0.3, 0.4) is 0 Å². The lowest BCUT2D eigenvalue weighted by Crippen LogP contribution is -2.34. The Balaban J connectivity index is 1.89. The molecule has 1 aliphatic rings. The van der Waals surface area contributed by atoms with E-state index >= 15 is 0 Å². The maximum atomic E-state index is 11.6. The van der Waals surface area contributed by atoms with Crippen LogP contribution < -0.4 is 5.32 Å². The number of nitrogens with one attached hydrogen (secondary N) is 1. The normalized spacial score (nSPS) is 21.6. The van der Waals surface area contributed by atoms with Gasteiger partial charge in [0.15, 0.2) is 9.84 Å². The Morgan fingerprint density at radius 3 is 2.58 bits per heavy atom. The number of hydrogen-bond acceptors (Lipinski definition) is 3. The average Bonchev–Trinajstić information content (AvgIpc) is 2.68. The van der Waals surface area contributed by atoms with E-state index in [9.17, 15) is 13.2 Å². The number of carbonyl (C=O) groups is 1. The van der Waals surface area contributed by atoms with Gasteiger partial charge in [0.1, 0.15) is 0 Å². The van der Waals surface area contributed by atoms with Crippen molar-refractivity contribution in [3.63, 3.8) is 0 Å². The fourth-order valence-corrected chi connectivity index (χ4v) is 3.70. The van der Waals surface area contributed by atoms with Crippen molar-refractivity contribution in [1.29, 1.82) is 0 Å². The average molecular weight is 300 g/mol. The third-order valence-corrected chi connectivity index (χ3v) is 4.90. The minimum atomic E-state index is -2.97. The fourth-order valence-electron chi connectivity index (χ4n) is 1.90. The highest BCUT2D eigenvalue weighted by Crippen LogP contribution is 2.12. The molecule has 102 valence electrons. The highest BCUT2D eigenvalue weighted by molar-refractivity contribution is 7.91. The van der Waals surface area contributed by atoms with Crippen molar-refractivity contribution in [2.75, 3.05) is 11.5 Å². The summed E-state index contributed by atoms with van der Waals surface area (Å²) in [6.45, 7) is 0. The summed E-state index contributed by atoms with van der Waals surface area (Å²) in [6, 6.07) is 6.80. The molecule has 6 heteroatoms. The quantitative estimate of drug-likeness (QED) is 0.863. The summed E-state index contributed by atoms with van der Waals surface area (Å²) >= 11 is 5.75. The molecule has 0 radical (unpaired) electrons. The van der Waals surface area contributed by atoms with Gasteiger partial charge in [0.25, 0.3) is 0 Å². The van der Waals surface area contributed by atoms with Gasteiger partial charge in [-0.25, -0.2) is 8.42 Å². The van der Waals surface area contributed by atoms with Crippen molar-refractivity contribution < 1.29 is 13.2 Å². The first-order valence-corrected chi connectivity index (χ1v) is 8.09. The number of sulfone groups is 1. The Morgan fingerprint density at radius 2 is 2.00 bits per heavy atom. The van der Waals surface area contributed by atoms with Gasteiger partial charge in [-0.1, -0.05) is 23.7 Å². The van der Waals surface area contributed by atoms with E-state index in [1.807, 2.05) is 0 Å². The molecule has 4 nitrogen and oxygen atoms in total. The van der Waals surface area contributed by atoms with Crippen LogP contribution in [0, 0.1) is 0 Å². The third-order valence-electron chi connectivity index (χ3n) is 2.88. The standard InChI is InChI=1S/C13H14ClNO3S/c14-11-4-1-10(2-5-11)3-6-13(16)15-12-7-8-19(17,18)9-12/h1-6,12H,7-9H2,(H,15,16)/b6-3-/t12-/m1/s1. The largest absolute Gasteiger partial charge is 0.349 e. The summed E-state index contributed by atoms with van der Waals surface area (Å²) in [5.74, 6) is -0.0936. The highest BCUT2D eigenvalue weighted by atomic mass is 35.5. The summed E-state index contributed by atoms with van der Waals surface area (Å²) in [6.07, 6.45) is 3.55. The molecule has 1 aliphatic heterocycles. The zero-order chi connectivity index (χ0) is 13.9. The molecule has 1 N–H and O–H groups in total. The van der Waals surface area contributed by atoms with Crippen molar-refractivity contribution in [2.45, 2.75) is 12.5 Å². The lowest BCUT2D eigenvalue weighted by atomic mass is 10.2. The minimum absolute atomic E-state index is 0.0352.